The van der Waals surface area contributed by atoms with E-state index in [1.807, 2.05) is 30.3 Å². The first-order chi connectivity index (χ1) is 9.24. The summed E-state index contributed by atoms with van der Waals surface area (Å²) in [6.07, 6.45) is 5.22. The normalized spacial score (nSPS) is 12.9. The summed E-state index contributed by atoms with van der Waals surface area (Å²) < 4.78 is 0. The molecule has 1 rings (SSSR count). The minimum atomic E-state index is -0.480. The molecule has 0 saturated heterocycles. The monoisotopic (exact) mass is 336 g/mol. The summed E-state index contributed by atoms with van der Waals surface area (Å²) in [5.41, 5.74) is 7.20. The van der Waals surface area contributed by atoms with Gasteiger partial charge < -0.3 is 16.2 Å². The fourth-order valence-electron chi connectivity index (χ4n) is 2.10. The van der Waals surface area contributed by atoms with Crippen molar-refractivity contribution in [2.75, 3.05) is 13.1 Å². The number of benzene rings is 1. The number of unbranched alkanes of at least 4 members (excludes halogenated alkanes) is 3. The Morgan fingerprint density at radius 1 is 1.10 bits per heavy atom. The molecule has 21 heavy (non-hydrogen) atoms. The third-order valence-electron chi connectivity index (χ3n) is 3.37. The highest BCUT2D eigenvalue weighted by Gasteiger charge is 2.14. The molecule has 1 aromatic carbocycles. The van der Waals surface area contributed by atoms with Crippen LogP contribution in [0.3, 0.4) is 0 Å². The van der Waals surface area contributed by atoms with Gasteiger partial charge in [0.15, 0.2) is 0 Å². The maximum absolute atomic E-state index is 9.99. The Kier molecular flexibility index (Phi) is 16.0. The SMILES string of the molecule is CCCCCCNC[C@@H](O)[C@@H](N)Cc1ccccc1.Cl.Cl. The van der Waals surface area contributed by atoms with E-state index in [2.05, 4.69) is 12.2 Å². The Morgan fingerprint density at radius 2 is 1.76 bits per heavy atom. The zero-order valence-electron chi connectivity index (χ0n) is 12.8. The van der Waals surface area contributed by atoms with E-state index in [9.17, 15) is 5.11 Å². The van der Waals surface area contributed by atoms with Crippen molar-refractivity contribution in [1.29, 1.82) is 0 Å². The fourth-order valence-corrected chi connectivity index (χ4v) is 2.10. The van der Waals surface area contributed by atoms with Crippen LogP contribution >= 0.6 is 24.8 Å². The molecule has 0 radical (unpaired) electrons. The average Bonchev–Trinajstić information content (AvgIpc) is 2.43. The van der Waals surface area contributed by atoms with Crippen LogP contribution in [0.4, 0.5) is 0 Å². The molecule has 0 heterocycles. The first-order valence-electron chi connectivity index (χ1n) is 7.42. The second-order valence-electron chi connectivity index (χ2n) is 5.19. The van der Waals surface area contributed by atoms with Crippen LogP contribution in [-0.4, -0.2) is 30.3 Å². The summed E-state index contributed by atoms with van der Waals surface area (Å²) in [6.45, 7) is 3.76. The van der Waals surface area contributed by atoms with Gasteiger partial charge in [-0.1, -0.05) is 56.5 Å². The lowest BCUT2D eigenvalue weighted by Crippen LogP contribution is -2.43. The van der Waals surface area contributed by atoms with E-state index in [0.29, 0.717) is 6.54 Å². The molecule has 3 nitrogen and oxygen atoms in total. The van der Waals surface area contributed by atoms with E-state index in [1.165, 1.54) is 31.2 Å². The van der Waals surface area contributed by atoms with E-state index in [-0.39, 0.29) is 30.9 Å². The Labute approximate surface area is 141 Å². The topological polar surface area (TPSA) is 58.3 Å². The Bertz CT molecular complexity index is 325. The molecule has 124 valence electrons. The summed E-state index contributed by atoms with van der Waals surface area (Å²) in [6, 6.07) is 9.88. The molecule has 2 atom stereocenters. The van der Waals surface area contributed by atoms with Gasteiger partial charge >= 0.3 is 0 Å². The number of halogens is 2. The number of aliphatic hydroxyl groups is 1. The quantitative estimate of drug-likeness (QED) is 0.576. The maximum Gasteiger partial charge on any atom is 0.0818 e. The van der Waals surface area contributed by atoms with Gasteiger partial charge in [0, 0.05) is 12.6 Å². The molecule has 0 aromatic heterocycles. The third kappa shape index (κ3) is 11.0. The van der Waals surface area contributed by atoms with Crippen LogP contribution in [0.5, 0.6) is 0 Å². The molecule has 1 aromatic rings. The van der Waals surface area contributed by atoms with Crippen molar-refractivity contribution in [3.63, 3.8) is 0 Å². The number of aliphatic hydroxyl groups excluding tert-OH is 1. The molecule has 5 heteroatoms. The predicted octanol–water partition coefficient (Wildman–Crippen LogP) is 2.93. The van der Waals surface area contributed by atoms with Gasteiger partial charge in [0.1, 0.15) is 0 Å². The largest absolute Gasteiger partial charge is 0.390 e. The molecule has 0 saturated carbocycles. The summed E-state index contributed by atoms with van der Waals surface area (Å²) in [5, 5.41) is 13.3. The minimum Gasteiger partial charge on any atom is -0.390 e. The Morgan fingerprint density at radius 3 is 2.38 bits per heavy atom. The summed E-state index contributed by atoms with van der Waals surface area (Å²) in [4.78, 5) is 0. The van der Waals surface area contributed by atoms with E-state index in [0.717, 1.165) is 13.0 Å². The number of nitrogens with two attached hydrogens (primary N) is 1. The summed E-state index contributed by atoms with van der Waals surface area (Å²) in [5.74, 6) is 0. The van der Waals surface area contributed by atoms with Gasteiger partial charge in [-0.2, -0.15) is 0 Å². The third-order valence-corrected chi connectivity index (χ3v) is 3.37. The van der Waals surface area contributed by atoms with E-state index in [1.54, 1.807) is 0 Å². The molecule has 0 fully saturated rings. The van der Waals surface area contributed by atoms with Crippen LogP contribution in [0.25, 0.3) is 0 Å². The highest BCUT2D eigenvalue weighted by molar-refractivity contribution is 5.85. The Hall–Kier alpha value is -0.320. The van der Waals surface area contributed by atoms with Crippen molar-refractivity contribution in [3.8, 4) is 0 Å². The summed E-state index contributed by atoms with van der Waals surface area (Å²) >= 11 is 0. The minimum absolute atomic E-state index is 0. The van der Waals surface area contributed by atoms with Gasteiger partial charge in [-0.15, -0.1) is 24.8 Å². The molecule has 0 unspecified atom stereocenters. The van der Waals surface area contributed by atoms with E-state index < -0.39 is 6.10 Å². The number of hydrogen-bond acceptors (Lipinski definition) is 3. The number of hydrogen-bond donors (Lipinski definition) is 3. The first-order valence-corrected chi connectivity index (χ1v) is 7.42. The zero-order valence-corrected chi connectivity index (χ0v) is 14.5. The molecule has 0 aliphatic carbocycles. The smallest absolute Gasteiger partial charge is 0.0818 e. The Balaban J connectivity index is 0. The van der Waals surface area contributed by atoms with Gasteiger partial charge in [-0.25, -0.2) is 0 Å². The lowest BCUT2D eigenvalue weighted by molar-refractivity contribution is 0.142. The molecular formula is C16H30Cl2N2O. The van der Waals surface area contributed by atoms with Crippen molar-refractivity contribution < 1.29 is 5.11 Å². The molecule has 0 aliphatic rings. The highest BCUT2D eigenvalue weighted by Crippen LogP contribution is 2.04. The van der Waals surface area contributed by atoms with Crippen LogP contribution in [0, 0.1) is 0 Å². The van der Waals surface area contributed by atoms with Gasteiger partial charge in [0.25, 0.3) is 0 Å². The molecule has 4 N–H and O–H groups in total. The number of nitrogens with one attached hydrogen (secondary N) is 1. The summed E-state index contributed by atoms with van der Waals surface area (Å²) in [7, 11) is 0. The van der Waals surface area contributed by atoms with E-state index in [4.69, 9.17) is 5.73 Å². The van der Waals surface area contributed by atoms with Crippen LogP contribution in [0.15, 0.2) is 30.3 Å². The molecule has 0 bridgehead atoms. The lowest BCUT2D eigenvalue weighted by atomic mass is 10.0. The van der Waals surface area contributed by atoms with Crippen LogP contribution in [-0.2, 0) is 6.42 Å². The van der Waals surface area contributed by atoms with Crippen LogP contribution in [0.1, 0.15) is 38.2 Å². The molecular weight excluding hydrogens is 307 g/mol. The fraction of sp³-hybridized carbons (Fsp3) is 0.625. The molecule has 0 amide bonds. The number of rotatable bonds is 10. The van der Waals surface area contributed by atoms with Crippen LogP contribution < -0.4 is 11.1 Å². The lowest BCUT2D eigenvalue weighted by Gasteiger charge is -2.19. The zero-order chi connectivity index (χ0) is 13.9. The standard InChI is InChI=1S/C16H28N2O.2ClH/c1-2-3-4-8-11-18-13-16(19)15(17)12-14-9-6-5-7-10-14;;/h5-7,9-10,15-16,18-19H,2-4,8,11-13,17H2,1H3;2*1H/t15-,16+;;/m0../s1. The van der Waals surface area contributed by atoms with Crippen LogP contribution in [0.2, 0.25) is 0 Å². The molecule has 0 spiro atoms. The first kappa shape index (κ1) is 23.0. The van der Waals surface area contributed by atoms with Gasteiger partial charge in [0.2, 0.25) is 0 Å². The maximum atomic E-state index is 9.99. The van der Waals surface area contributed by atoms with Crippen molar-refractivity contribution in [1.82, 2.24) is 5.32 Å². The van der Waals surface area contributed by atoms with Gasteiger partial charge in [-0.05, 0) is 24.9 Å². The van der Waals surface area contributed by atoms with Crippen molar-refractivity contribution in [2.45, 2.75) is 51.2 Å². The molecule has 0 aliphatic heterocycles. The van der Waals surface area contributed by atoms with Crippen molar-refractivity contribution >= 4 is 24.8 Å². The van der Waals surface area contributed by atoms with Gasteiger partial charge in [0.05, 0.1) is 6.10 Å². The second-order valence-corrected chi connectivity index (χ2v) is 5.19. The van der Waals surface area contributed by atoms with E-state index >= 15 is 0 Å². The van der Waals surface area contributed by atoms with Gasteiger partial charge in [-0.3, -0.25) is 0 Å². The predicted molar refractivity (Wildman–Crippen MR) is 95.6 cm³/mol. The highest BCUT2D eigenvalue weighted by atomic mass is 35.5. The van der Waals surface area contributed by atoms with Crippen molar-refractivity contribution in [2.24, 2.45) is 5.73 Å². The average molecular weight is 337 g/mol. The van der Waals surface area contributed by atoms with Crippen molar-refractivity contribution in [3.05, 3.63) is 35.9 Å². The second kappa shape index (κ2) is 14.6.